The van der Waals surface area contributed by atoms with E-state index in [4.69, 9.17) is 4.98 Å². The molecule has 134 valence electrons. The van der Waals surface area contributed by atoms with Crippen molar-refractivity contribution >= 4 is 17.5 Å². The topological polar surface area (TPSA) is 35.5 Å². The minimum absolute atomic E-state index is 0.192. The van der Waals surface area contributed by atoms with Gasteiger partial charge in [0.05, 0.1) is 0 Å². The molecular formula is C19H26FN5. The van der Waals surface area contributed by atoms with Gasteiger partial charge in [-0.2, -0.15) is 4.98 Å². The molecule has 0 radical (unpaired) electrons. The molecule has 2 heterocycles. The summed E-state index contributed by atoms with van der Waals surface area (Å²) in [5.74, 6) is 1.57. The van der Waals surface area contributed by atoms with Crippen LogP contribution in [0.1, 0.15) is 19.8 Å². The second-order valence-corrected chi connectivity index (χ2v) is 6.44. The number of anilines is 3. The average molecular weight is 343 g/mol. The molecule has 25 heavy (non-hydrogen) atoms. The standard InChI is InChI=1S/C19H26FN5/c1-3-4-11-23(2)19-21-10-9-18(22-19)25-14-12-24(13-15-25)17-7-5-16(20)6-8-17/h5-10H,3-4,11-15H2,1-2H3. The van der Waals surface area contributed by atoms with E-state index in [1.807, 2.05) is 31.4 Å². The minimum atomic E-state index is -0.192. The van der Waals surface area contributed by atoms with E-state index in [9.17, 15) is 4.39 Å². The summed E-state index contributed by atoms with van der Waals surface area (Å²) < 4.78 is 13.1. The highest BCUT2D eigenvalue weighted by molar-refractivity contribution is 5.50. The van der Waals surface area contributed by atoms with E-state index in [-0.39, 0.29) is 5.82 Å². The van der Waals surface area contributed by atoms with Gasteiger partial charge in [-0.1, -0.05) is 13.3 Å². The summed E-state index contributed by atoms with van der Waals surface area (Å²) in [7, 11) is 2.04. The lowest BCUT2D eigenvalue weighted by Gasteiger charge is -2.36. The van der Waals surface area contributed by atoms with Crippen LogP contribution in [0, 0.1) is 5.82 Å². The summed E-state index contributed by atoms with van der Waals surface area (Å²) in [6.45, 7) is 6.75. The van der Waals surface area contributed by atoms with Gasteiger partial charge in [-0.3, -0.25) is 0 Å². The van der Waals surface area contributed by atoms with Crippen molar-refractivity contribution in [3.63, 3.8) is 0 Å². The Morgan fingerprint density at radius 3 is 2.40 bits per heavy atom. The number of hydrogen-bond acceptors (Lipinski definition) is 5. The van der Waals surface area contributed by atoms with Crippen LogP contribution in [0.25, 0.3) is 0 Å². The lowest BCUT2D eigenvalue weighted by molar-refractivity contribution is 0.624. The monoisotopic (exact) mass is 343 g/mol. The van der Waals surface area contributed by atoms with Gasteiger partial charge in [0, 0.05) is 51.7 Å². The number of piperazine rings is 1. The highest BCUT2D eigenvalue weighted by Gasteiger charge is 2.19. The third-order valence-electron chi connectivity index (χ3n) is 4.61. The van der Waals surface area contributed by atoms with Crippen molar-refractivity contribution in [3.05, 3.63) is 42.3 Å². The maximum absolute atomic E-state index is 13.1. The molecule has 2 aromatic rings. The second kappa shape index (κ2) is 8.14. The Hall–Kier alpha value is -2.37. The molecule has 1 saturated heterocycles. The van der Waals surface area contributed by atoms with Crippen LogP contribution in [0.3, 0.4) is 0 Å². The van der Waals surface area contributed by atoms with Gasteiger partial charge in [0.2, 0.25) is 5.95 Å². The van der Waals surface area contributed by atoms with Gasteiger partial charge in [0.25, 0.3) is 0 Å². The number of halogens is 1. The third kappa shape index (κ3) is 4.38. The lowest BCUT2D eigenvalue weighted by atomic mass is 10.2. The Bertz CT molecular complexity index is 668. The maximum Gasteiger partial charge on any atom is 0.226 e. The highest BCUT2D eigenvalue weighted by Crippen LogP contribution is 2.20. The zero-order valence-corrected chi connectivity index (χ0v) is 15.0. The zero-order valence-electron chi connectivity index (χ0n) is 15.0. The molecule has 1 aromatic carbocycles. The van der Waals surface area contributed by atoms with Gasteiger partial charge in [-0.25, -0.2) is 9.37 Å². The SMILES string of the molecule is CCCCN(C)c1nccc(N2CCN(c3ccc(F)cc3)CC2)n1. The largest absolute Gasteiger partial charge is 0.368 e. The first-order valence-electron chi connectivity index (χ1n) is 8.97. The zero-order chi connectivity index (χ0) is 17.6. The van der Waals surface area contributed by atoms with E-state index in [2.05, 4.69) is 26.6 Å². The molecule has 1 aliphatic heterocycles. The number of hydrogen-bond donors (Lipinski definition) is 0. The summed E-state index contributed by atoms with van der Waals surface area (Å²) in [6, 6.07) is 8.70. The Morgan fingerprint density at radius 1 is 1.04 bits per heavy atom. The fourth-order valence-corrected chi connectivity index (χ4v) is 3.04. The molecule has 0 aliphatic carbocycles. The fourth-order valence-electron chi connectivity index (χ4n) is 3.04. The molecule has 0 spiro atoms. The average Bonchev–Trinajstić information content (AvgIpc) is 2.67. The number of unbranched alkanes of at least 4 members (excludes halogenated alkanes) is 1. The van der Waals surface area contributed by atoms with Crippen molar-refractivity contribution in [2.24, 2.45) is 0 Å². The quantitative estimate of drug-likeness (QED) is 0.805. The Labute approximate surface area is 149 Å². The van der Waals surface area contributed by atoms with Crippen molar-refractivity contribution in [1.82, 2.24) is 9.97 Å². The van der Waals surface area contributed by atoms with Crippen molar-refractivity contribution in [2.45, 2.75) is 19.8 Å². The summed E-state index contributed by atoms with van der Waals surface area (Å²) in [4.78, 5) is 15.8. The number of nitrogens with zero attached hydrogens (tertiary/aromatic N) is 5. The third-order valence-corrected chi connectivity index (χ3v) is 4.61. The minimum Gasteiger partial charge on any atom is -0.368 e. The molecule has 0 amide bonds. The van der Waals surface area contributed by atoms with E-state index in [1.54, 1.807) is 0 Å². The van der Waals surface area contributed by atoms with Gasteiger partial charge in [-0.05, 0) is 36.8 Å². The first kappa shape index (κ1) is 17.5. The van der Waals surface area contributed by atoms with Crippen LogP contribution < -0.4 is 14.7 Å². The Morgan fingerprint density at radius 2 is 1.72 bits per heavy atom. The van der Waals surface area contributed by atoms with Crippen molar-refractivity contribution in [2.75, 3.05) is 54.5 Å². The molecule has 5 nitrogen and oxygen atoms in total. The van der Waals surface area contributed by atoms with Crippen LogP contribution in [0.2, 0.25) is 0 Å². The molecule has 1 aromatic heterocycles. The maximum atomic E-state index is 13.1. The first-order chi connectivity index (χ1) is 12.2. The molecule has 0 N–H and O–H groups in total. The molecule has 0 atom stereocenters. The van der Waals surface area contributed by atoms with Crippen molar-refractivity contribution in [3.8, 4) is 0 Å². The molecule has 0 unspecified atom stereocenters. The van der Waals surface area contributed by atoms with E-state index < -0.39 is 0 Å². The Balaban J connectivity index is 1.61. The number of rotatable bonds is 6. The molecule has 1 aliphatic rings. The summed E-state index contributed by atoms with van der Waals surface area (Å²) in [6.07, 6.45) is 4.14. The van der Waals surface area contributed by atoms with Crippen LogP contribution in [0.5, 0.6) is 0 Å². The number of benzene rings is 1. The van der Waals surface area contributed by atoms with Crippen molar-refractivity contribution < 1.29 is 4.39 Å². The first-order valence-corrected chi connectivity index (χ1v) is 8.97. The highest BCUT2D eigenvalue weighted by atomic mass is 19.1. The van der Waals surface area contributed by atoms with Crippen LogP contribution >= 0.6 is 0 Å². The fraction of sp³-hybridized carbons (Fsp3) is 0.474. The van der Waals surface area contributed by atoms with Gasteiger partial charge in [0.1, 0.15) is 11.6 Å². The second-order valence-electron chi connectivity index (χ2n) is 6.44. The van der Waals surface area contributed by atoms with Crippen molar-refractivity contribution in [1.29, 1.82) is 0 Å². The number of aromatic nitrogens is 2. The predicted octanol–water partition coefficient (Wildman–Crippen LogP) is 3.18. The molecular weight excluding hydrogens is 317 g/mol. The van der Waals surface area contributed by atoms with E-state index in [1.165, 1.54) is 12.1 Å². The van der Waals surface area contributed by atoms with Crippen LogP contribution in [0.15, 0.2) is 36.5 Å². The van der Waals surface area contributed by atoms with E-state index in [0.29, 0.717) is 0 Å². The lowest BCUT2D eigenvalue weighted by Crippen LogP contribution is -2.47. The normalized spacial score (nSPS) is 14.7. The smallest absolute Gasteiger partial charge is 0.226 e. The summed E-state index contributed by atoms with van der Waals surface area (Å²) >= 11 is 0. The molecule has 1 fully saturated rings. The molecule has 0 bridgehead atoms. The van der Waals surface area contributed by atoms with Crippen LogP contribution in [0.4, 0.5) is 21.8 Å². The van der Waals surface area contributed by atoms with Crippen LogP contribution in [-0.4, -0.2) is 49.7 Å². The van der Waals surface area contributed by atoms with Gasteiger partial charge >= 0.3 is 0 Å². The van der Waals surface area contributed by atoms with Gasteiger partial charge < -0.3 is 14.7 Å². The summed E-state index contributed by atoms with van der Waals surface area (Å²) in [5.41, 5.74) is 1.07. The van der Waals surface area contributed by atoms with E-state index >= 15 is 0 Å². The van der Waals surface area contributed by atoms with Crippen LogP contribution in [-0.2, 0) is 0 Å². The summed E-state index contributed by atoms with van der Waals surface area (Å²) in [5, 5.41) is 0. The molecule has 0 saturated carbocycles. The van der Waals surface area contributed by atoms with E-state index in [0.717, 1.165) is 63.0 Å². The van der Waals surface area contributed by atoms with Gasteiger partial charge in [0.15, 0.2) is 0 Å². The molecule has 3 rings (SSSR count). The van der Waals surface area contributed by atoms with Gasteiger partial charge in [-0.15, -0.1) is 0 Å². The predicted molar refractivity (Wildman–Crippen MR) is 101 cm³/mol. The Kier molecular flexibility index (Phi) is 5.68. The molecule has 6 heteroatoms.